The normalized spacial score (nSPS) is 11.1. The highest BCUT2D eigenvalue weighted by molar-refractivity contribution is 5.95. The molecule has 2 aromatic heterocycles. The SMILES string of the molecule is CCCc1c(O)ccc2c(-c3ccccc3)noc12.CCCc1cc2c(-c3ccccc3)noc2c(CCC)c1O. The second-order valence-electron chi connectivity index (χ2n) is 10.2. The number of nitrogens with zero attached hydrogens (tertiary/aromatic N) is 2. The largest absolute Gasteiger partial charge is 0.508 e. The van der Waals surface area contributed by atoms with Gasteiger partial charge in [0.15, 0.2) is 11.2 Å². The summed E-state index contributed by atoms with van der Waals surface area (Å²) in [5, 5.41) is 30.8. The van der Waals surface area contributed by atoms with Crippen molar-refractivity contribution in [3.8, 4) is 34.0 Å². The van der Waals surface area contributed by atoms with E-state index >= 15 is 0 Å². The van der Waals surface area contributed by atoms with E-state index in [1.54, 1.807) is 6.07 Å². The number of phenols is 2. The van der Waals surface area contributed by atoms with E-state index in [0.29, 0.717) is 11.3 Å². The van der Waals surface area contributed by atoms with Gasteiger partial charge in [-0.2, -0.15) is 0 Å². The third kappa shape index (κ3) is 5.68. The maximum Gasteiger partial charge on any atom is 0.174 e. The first-order chi connectivity index (χ1) is 20.1. The lowest BCUT2D eigenvalue weighted by Gasteiger charge is -2.09. The number of rotatable bonds is 8. The fraction of sp³-hybridized carbons (Fsp3) is 0.257. The lowest BCUT2D eigenvalue weighted by atomic mass is 9.97. The van der Waals surface area contributed by atoms with Gasteiger partial charge in [-0.25, -0.2) is 0 Å². The standard InChI is InChI=1S/C19H21NO2.C16H15NO2/c1-3-8-14-12-16-17(13-10-6-5-7-11-13)20-22-19(16)15(9-4-2)18(14)21;1-2-6-12-14(18)10-9-13-15(17-19-16(12)13)11-7-4-3-5-8-11/h5-7,10-12,21H,3-4,8-9H2,1-2H3;3-5,7-10,18H,2,6H2,1H3. The van der Waals surface area contributed by atoms with Crippen molar-refractivity contribution in [2.75, 3.05) is 0 Å². The molecule has 41 heavy (non-hydrogen) atoms. The van der Waals surface area contributed by atoms with Crippen LogP contribution in [0.3, 0.4) is 0 Å². The van der Waals surface area contributed by atoms with E-state index in [2.05, 4.69) is 31.1 Å². The van der Waals surface area contributed by atoms with Crippen LogP contribution in [0.2, 0.25) is 0 Å². The molecule has 0 aliphatic rings. The third-order valence-electron chi connectivity index (χ3n) is 7.24. The molecule has 6 nitrogen and oxygen atoms in total. The zero-order valence-electron chi connectivity index (χ0n) is 23.9. The van der Waals surface area contributed by atoms with Gasteiger partial charge in [-0.3, -0.25) is 0 Å². The maximum absolute atomic E-state index is 10.5. The Morgan fingerprint density at radius 3 is 1.66 bits per heavy atom. The van der Waals surface area contributed by atoms with Crippen LogP contribution in [-0.4, -0.2) is 20.5 Å². The Morgan fingerprint density at radius 2 is 1.10 bits per heavy atom. The van der Waals surface area contributed by atoms with Gasteiger partial charge < -0.3 is 19.3 Å². The first kappa shape index (κ1) is 28.0. The van der Waals surface area contributed by atoms with Crippen molar-refractivity contribution in [2.24, 2.45) is 0 Å². The minimum Gasteiger partial charge on any atom is -0.508 e. The second kappa shape index (κ2) is 12.7. The van der Waals surface area contributed by atoms with Gasteiger partial charge in [-0.05, 0) is 43.0 Å². The quantitative estimate of drug-likeness (QED) is 0.197. The topological polar surface area (TPSA) is 92.5 Å². The Labute approximate surface area is 240 Å². The summed E-state index contributed by atoms with van der Waals surface area (Å²) in [7, 11) is 0. The highest BCUT2D eigenvalue weighted by atomic mass is 16.5. The molecule has 0 spiro atoms. The Morgan fingerprint density at radius 1 is 0.585 bits per heavy atom. The molecule has 2 heterocycles. The van der Waals surface area contributed by atoms with Crippen LogP contribution in [0.4, 0.5) is 0 Å². The zero-order chi connectivity index (χ0) is 28.8. The molecule has 0 fully saturated rings. The van der Waals surface area contributed by atoms with E-state index in [1.165, 1.54) is 0 Å². The van der Waals surface area contributed by atoms with Gasteiger partial charge in [-0.1, -0.05) is 111 Å². The summed E-state index contributed by atoms with van der Waals surface area (Å²) in [5.74, 6) is 0.664. The molecule has 0 bridgehead atoms. The monoisotopic (exact) mass is 548 g/mol. The van der Waals surface area contributed by atoms with Crippen LogP contribution in [0.5, 0.6) is 11.5 Å². The molecule has 6 rings (SSSR count). The van der Waals surface area contributed by atoms with Crippen molar-refractivity contribution in [3.63, 3.8) is 0 Å². The van der Waals surface area contributed by atoms with Gasteiger partial charge in [0, 0.05) is 22.3 Å². The fourth-order valence-electron chi connectivity index (χ4n) is 5.28. The number of hydrogen-bond acceptors (Lipinski definition) is 6. The van der Waals surface area contributed by atoms with Crippen LogP contribution >= 0.6 is 0 Å². The maximum atomic E-state index is 10.5. The van der Waals surface area contributed by atoms with E-state index in [0.717, 1.165) is 94.1 Å². The lowest BCUT2D eigenvalue weighted by Crippen LogP contribution is -1.93. The summed E-state index contributed by atoms with van der Waals surface area (Å²) in [5.41, 5.74) is 7.87. The molecule has 4 aromatic carbocycles. The van der Waals surface area contributed by atoms with Gasteiger partial charge in [0.05, 0.1) is 10.8 Å². The number of aromatic hydroxyl groups is 2. The fourth-order valence-corrected chi connectivity index (χ4v) is 5.28. The highest BCUT2D eigenvalue weighted by Gasteiger charge is 2.19. The van der Waals surface area contributed by atoms with E-state index in [4.69, 9.17) is 9.05 Å². The number of phenolic OH excluding ortho intramolecular Hbond substituents is 2. The van der Waals surface area contributed by atoms with E-state index in [9.17, 15) is 10.2 Å². The van der Waals surface area contributed by atoms with Crippen LogP contribution in [0, 0.1) is 0 Å². The van der Waals surface area contributed by atoms with E-state index in [-0.39, 0.29) is 5.75 Å². The highest BCUT2D eigenvalue weighted by Crippen LogP contribution is 2.38. The van der Waals surface area contributed by atoms with Gasteiger partial charge in [-0.15, -0.1) is 0 Å². The second-order valence-corrected chi connectivity index (χ2v) is 10.2. The number of hydrogen-bond donors (Lipinski definition) is 2. The minimum atomic E-state index is 0.283. The third-order valence-corrected chi connectivity index (χ3v) is 7.24. The minimum absolute atomic E-state index is 0.283. The first-order valence-corrected chi connectivity index (χ1v) is 14.4. The van der Waals surface area contributed by atoms with Gasteiger partial charge in [0.2, 0.25) is 0 Å². The molecule has 0 amide bonds. The molecule has 0 saturated heterocycles. The number of fused-ring (bicyclic) bond motifs is 2. The summed E-state index contributed by atoms with van der Waals surface area (Å²) < 4.78 is 11.0. The Balaban J connectivity index is 0.000000166. The average Bonchev–Trinajstić information content (AvgIpc) is 3.63. The summed E-state index contributed by atoms with van der Waals surface area (Å²) >= 11 is 0. The summed E-state index contributed by atoms with van der Waals surface area (Å²) in [6.45, 7) is 6.30. The van der Waals surface area contributed by atoms with Crippen LogP contribution in [0.15, 0.2) is 87.9 Å². The molecule has 0 atom stereocenters. The summed E-state index contributed by atoms with van der Waals surface area (Å²) in [4.78, 5) is 0. The van der Waals surface area contributed by atoms with Crippen LogP contribution in [0.25, 0.3) is 44.5 Å². The van der Waals surface area contributed by atoms with Gasteiger partial charge in [0.25, 0.3) is 0 Å². The Bertz CT molecular complexity index is 1740. The molecule has 6 aromatic rings. The average molecular weight is 549 g/mol. The smallest absolute Gasteiger partial charge is 0.174 e. The predicted octanol–water partition coefficient (Wildman–Crippen LogP) is 9.26. The van der Waals surface area contributed by atoms with E-state index < -0.39 is 0 Å². The first-order valence-electron chi connectivity index (χ1n) is 14.4. The molecule has 2 N–H and O–H groups in total. The number of aromatic nitrogens is 2. The Hall–Kier alpha value is -4.58. The van der Waals surface area contributed by atoms with Crippen molar-refractivity contribution < 1.29 is 19.3 Å². The summed E-state index contributed by atoms with van der Waals surface area (Å²) in [6.07, 6.45) is 5.35. The predicted molar refractivity (Wildman–Crippen MR) is 164 cm³/mol. The molecule has 0 saturated carbocycles. The Kier molecular flexibility index (Phi) is 8.68. The number of aryl methyl sites for hydroxylation is 3. The van der Waals surface area contributed by atoms with Crippen molar-refractivity contribution in [1.29, 1.82) is 0 Å². The van der Waals surface area contributed by atoms with E-state index in [1.807, 2.05) is 72.8 Å². The molecular weight excluding hydrogens is 512 g/mol. The number of benzene rings is 4. The van der Waals surface area contributed by atoms with Crippen molar-refractivity contribution in [1.82, 2.24) is 10.3 Å². The molecule has 0 radical (unpaired) electrons. The van der Waals surface area contributed by atoms with Crippen molar-refractivity contribution in [2.45, 2.75) is 59.3 Å². The van der Waals surface area contributed by atoms with Gasteiger partial charge in [0.1, 0.15) is 22.9 Å². The molecule has 0 aliphatic carbocycles. The van der Waals surface area contributed by atoms with Crippen molar-refractivity contribution >= 4 is 21.9 Å². The molecule has 210 valence electrons. The molecule has 0 unspecified atom stereocenters. The van der Waals surface area contributed by atoms with Crippen LogP contribution in [0.1, 0.15) is 56.7 Å². The lowest BCUT2D eigenvalue weighted by molar-refractivity contribution is 0.440. The summed E-state index contributed by atoms with van der Waals surface area (Å²) in [6, 6.07) is 25.6. The van der Waals surface area contributed by atoms with Crippen LogP contribution < -0.4 is 0 Å². The molecular formula is C35H36N2O4. The molecule has 6 heteroatoms. The van der Waals surface area contributed by atoms with Crippen LogP contribution in [-0.2, 0) is 19.3 Å². The van der Waals surface area contributed by atoms with Crippen molar-refractivity contribution in [3.05, 3.63) is 95.6 Å². The molecule has 0 aliphatic heterocycles. The van der Waals surface area contributed by atoms with Gasteiger partial charge >= 0.3 is 0 Å². The zero-order valence-corrected chi connectivity index (χ0v) is 23.9.